The van der Waals surface area contributed by atoms with Gasteiger partial charge in [0.05, 0.1) is 0 Å². The van der Waals surface area contributed by atoms with Crippen LogP contribution in [0.2, 0.25) is 0 Å². The summed E-state index contributed by atoms with van der Waals surface area (Å²) in [5.41, 5.74) is 2.67. The van der Waals surface area contributed by atoms with Gasteiger partial charge in [0, 0.05) is 12.1 Å². The van der Waals surface area contributed by atoms with Crippen LogP contribution >= 0.6 is 0 Å². The van der Waals surface area contributed by atoms with E-state index in [9.17, 15) is 14.7 Å². The Labute approximate surface area is 124 Å². The number of nitrogens with zero attached hydrogens (tertiary/aromatic N) is 1. The summed E-state index contributed by atoms with van der Waals surface area (Å²) >= 11 is 0. The number of rotatable bonds is 2. The minimum absolute atomic E-state index is 0.136. The van der Waals surface area contributed by atoms with E-state index >= 15 is 0 Å². The number of carboxylic acid groups (broad SMARTS) is 1. The van der Waals surface area contributed by atoms with Gasteiger partial charge in [-0.3, -0.25) is 4.79 Å². The topological polar surface area (TPSA) is 57.6 Å². The van der Waals surface area contributed by atoms with Gasteiger partial charge in [-0.25, -0.2) is 4.79 Å². The third-order valence-corrected chi connectivity index (χ3v) is 4.87. The number of likely N-dealkylation sites (tertiary alicyclic amines) is 1. The molecule has 1 saturated carbocycles. The lowest BCUT2D eigenvalue weighted by Gasteiger charge is -2.24. The van der Waals surface area contributed by atoms with Gasteiger partial charge in [-0.2, -0.15) is 0 Å². The molecule has 21 heavy (non-hydrogen) atoms. The zero-order valence-electron chi connectivity index (χ0n) is 12.5. The number of carbonyl (C=O) groups excluding carboxylic acids is 1. The number of benzene rings is 1. The third-order valence-electron chi connectivity index (χ3n) is 4.87. The van der Waals surface area contributed by atoms with Crippen LogP contribution in [-0.4, -0.2) is 34.5 Å². The van der Waals surface area contributed by atoms with Crippen molar-refractivity contribution in [2.45, 2.75) is 39.2 Å². The van der Waals surface area contributed by atoms with E-state index in [2.05, 4.69) is 0 Å². The molecule has 4 heteroatoms. The highest BCUT2D eigenvalue weighted by Crippen LogP contribution is 2.42. The largest absolute Gasteiger partial charge is 0.480 e. The van der Waals surface area contributed by atoms with Crippen LogP contribution in [0.1, 0.15) is 40.7 Å². The molecule has 3 rings (SSSR count). The predicted octanol–water partition coefficient (Wildman–Crippen LogP) is 2.63. The minimum Gasteiger partial charge on any atom is -0.480 e. The fourth-order valence-corrected chi connectivity index (χ4v) is 4.09. The molecule has 0 spiro atoms. The van der Waals surface area contributed by atoms with E-state index in [1.165, 1.54) is 0 Å². The highest BCUT2D eigenvalue weighted by Gasteiger charge is 2.49. The molecule has 3 unspecified atom stereocenters. The van der Waals surface area contributed by atoms with Gasteiger partial charge >= 0.3 is 5.97 Å². The molecule has 1 aliphatic carbocycles. The number of hydrogen-bond donors (Lipinski definition) is 1. The van der Waals surface area contributed by atoms with E-state index in [1.807, 2.05) is 32.0 Å². The maximum absolute atomic E-state index is 12.8. The second kappa shape index (κ2) is 5.17. The lowest BCUT2D eigenvalue weighted by Crippen LogP contribution is -2.43. The Kier molecular flexibility index (Phi) is 3.47. The molecule has 4 nitrogen and oxygen atoms in total. The monoisotopic (exact) mass is 287 g/mol. The Morgan fingerprint density at radius 2 is 1.81 bits per heavy atom. The Morgan fingerprint density at radius 1 is 1.14 bits per heavy atom. The number of aliphatic carboxylic acids is 1. The minimum atomic E-state index is -0.859. The molecular weight excluding hydrogens is 266 g/mol. The average molecular weight is 287 g/mol. The summed E-state index contributed by atoms with van der Waals surface area (Å²) in [7, 11) is 0. The molecule has 0 aromatic heterocycles. The first kappa shape index (κ1) is 14.1. The van der Waals surface area contributed by atoms with Crippen molar-refractivity contribution in [2.75, 3.05) is 6.54 Å². The van der Waals surface area contributed by atoms with Crippen molar-refractivity contribution in [1.29, 1.82) is 0 Å². The molecule has 1 heterocycles. The van der Waals surface area contributed by atoms with Crippen molar-refractivity contribution < 1.29 is 14.7 Å². The van der Waals surface area contributed by atoms with Gasteiger partial charge in [0.25, 0.3) is 5.91 Å². The summed E-state index contributed by atoms with van der Waals surface area (Å²) in [6.45, 7) is 4.50. The molecule has 1 amide bonds. The van der Waals surface area contributed by atoms with Crippen molar-refractivity contribution >= 4 is 11.9 Å². The molecule has 112 valence electrons. The lowest BCUT2D eigenvalue weighted by molar-refractivity contribution is -0.142. The maximum Gasteiger partial charge on any atom is 0.326 e. The maximum atomic E-state index is 12.8. The smallest absolute Gasteiger partial charge is 0.326 e. The first-order chi connectivity index (χ1) is 9.97. The van der Waals surface area contributed by atoms with Crippen LogP contribution in [0, 0.1) is 25.7 Å². The predicted molar refractivity (Wildman–Crippen MR) is 79.2 cm³/mol. The van der Waals surface area contributed by atoms with Crippen LogP contribution in [0.25, 0.3) is 0 Å². The molecule has 2 aliphatic rings. The van der Waals surface area contributed by atoms with Gasteiger partial charge < -0.3 is 10.0 Å². The fourth-order valence-electron chi connectivity index (χ4n) is 4.09. The van der Waals surface area contributed by atoms with Crippen LogP contribution in [0.5, 0.6) is 0 Å². The summed E-state index contributed by atoms with van der Waals surface area (Å²) in [5, 5.41) is 9.54. The second-order valence-electron chi connectivity index (χ2n) is 6.47. The van der Waals surface area contributed by atoms with Crippen LogP contribution < -0.4 is 0 Å². The Bertz CT molecular complexity index is 575. The molecule has 3 atom stereocenters. The molecule has 1 aromatic rings. The molecule has 1 aliphatic heterocycles. The van der Waals surface area contributed by atoms with E-state index in [-0.39, 0.29) is 11.8 Å². The van der Waals surface area contributed by atoms with E-state index in [0.717, 1.165) is 30.4 Å². The number of carboxylic acids is 1. The standard InChI is InChI=1S/C17H21NO3/c1-10-6-11(2)8-13(7-10)16(19)18-9-12-4-3-5-14(12)15(18)17(20)21/h6-8,12,14-15H,3-5,9H2,1-2H3,(H,20,21). The third kappa shape index (κ3) is 2.43. The summed E-state index contributed by atoms with van der Waals surface area (Å²) in [4.78, 5) is 26.0. The van der Waals surface area contributed by atoms with E-state index in [0.29, 0.717) is 18.0 Å². The van der Waals surface area contributed by atoms with Crippen LogP contribution in [0.3, 0.4) is 0 Å². The Hall–Kier alpha value is -1.84. The highest BCUT2D eigenvalue weighted by atomic mass is 16.4. The van der Waals surface area contributed by atoms with E-state index in [1.54, 1.807) is 4.90 Å². The van der Waals surface area contributed by atoms with Crippen molar-refractivity contribution in [3.63, 3.8) is 0 Å². The first-order valence-electron chi connectivity index (χ1n) is 7.59. The molecule has 0 radical (unpaired) electrons. The normalized spacial score (nSPS) is 27.7. The molecule has 1 aromatic carbocycles. The van der Waals surface area contributed by atoms with Crippen LogP contribution in [0.15, 0.2) is 18.2 Å². The quantitative estimate of drug-likeness (QED) is 0.909. The van der Waals surface area contributed by atoms with Crippen molar-refractivity contribution in [3.8, 4) is 0 Å². The second-order valence-corrected chi connectivity index (χ2v) is 6.47. The zero-order valence-corrected chi connectivity index (χ0v) is 12.5. The number of hydrogen-bond acceptors (Lipinski definition) is 2. The van der Waals surface area contributed by atoms with Crippen molar-refractivity contribution in [2.24, 2.45) is 11.8 Å². The van der Waals surface area contributed by atoms with Crippen LogP contribution in [-0.2, 0) is 4.79 Å². The molecule has 2 fully saturated rings. The SMILES string of the molecule is Cc1cc(C)cc(C(=O)N2CC3CCCC3C2C(=O)O)c1. The number of amides is 1. The first-order valence-corrected chi connectivity index (χ1v) is 7.59. The number of carbonyl (C=O) groups is 2. The zero-order chi connectivity index (χ0) is 15.1. The summed E-state index contributed by atoms with van der Waals surface area (Å²) < 4.78 is 0. The summed E-state index contributed by atoms with van der Waals surface area (Å²) in [6.07, 6.45) is 3.06. The van der Waals surface area contributed by atoms with E-state index in [4.69, 9.17) is 0 Å². The van der Waals surface area contributed by atoms with Gasteiger partial charge in [-0.05, 0) is 50.7 Å². The molecule has 0 bridgehead atoms. The lowest BCUT2D eigenvalue weighted by atomic mass is 9.94. The van der Waals surface area contributed by atoms with Crippen LogP contribution in [0.4, 0.5) is 0 Å². The van der Waals surface area contributed by atoms with E-state index < -0.39 is 12.0 Å². The average Bonchev–Trinajstić information content (AvgIpc) is 2.95. The number of fused-ring (bicyclic) bond motifs is 1. The fraction of sp³-hybridized carbons (Fsp3) is 0.529. The van der Waals surface area contributed by atoms with Gasteiger partial charge in [0.2, 0.25) is 0 Å². The molecule has 1 saturated heterocycles. The summed E-state index contributed by atoms with van der Waals surface area (Å²) in [5.74, 6) is -0.496. The van der Waals surface area contributed by atoms with Crippen molar-refractivity contribution in [3.05, 3.63) is 34.9 Å². The van der Waals surface area contributed by atoms with Crippen molar-refractivity contribution in [1.82, 2.24) is 4.90 Å². The summed E-state index contributed by atoms with van der Waals surface area (Å²) in [6, 6.07) is 5.07. The Balaban J connectivity index is 1.91. The van der Waals surface area contributed by atoms with Gasteiger partial charge in [0.15, 0.2) is 0 Å². The van der Waals surface area contributed by atoms with Gasteiger partial charge in [-0.1, -0.05) is 23.6 Å². The van der Waals surface area contributed by atoms with Gasteiger partial charge in [-0.15, -0.1) is 0 Å². The highest BCUT2D eigenvalue weighted by molar-refractivity contribution is 5.97. The molecule has 1 N–H and O–H groups in total. The Morgan fingerprint density at radius 3 is 2.43 bits per heavy atom. The van der Waals surface area contributed by atoms with Gasteiger partial charge in [0.1, 0.15) is 6.04 Å². The number of aryl methyl sites for hydroxylation is 2. The molecular formula is C17H21NO3.